The fourth-order valence-corrected chi connectivity index (χ4v) is 3.35. The number of esters is 1. The van der Waals surface area contributed by atoms with Crippen LogP contribution in [0.1, 0.15) is 24.8 Å². The molecule has 0 aromatic heterocycles. The SMILES string of the molecule is O=C(OCCN1CCOCC1)[C@@]1(c2ccccc2)C=CCCC1. The van der Waals surface area contributed by atoms with Crippen LogP contribution in [-0.2, 0) is 19.7 Å². The van der Waals surface area contributed by atoms with Gasteiger partial charge in [0, 0.05) is 19.6 Å². The Morgan fingerprint density at radius 1 is 1.22 bits per heavy atom. The lowest BCUT2D eigenvalue weighted by molar-refractivity contribution is -0.149. The second-order valence-corrected chi connectivity index (χ2v) is 6.22. The molecule has 0 spiro atoms. The average Bonchev–Trinajstić information content (AvgIpc) is 2.64. The van der Waals surface area contributed by atoms with Gasteiger partial charge < -0.3 is 9.47 Å². The third-order valence-electron chi connectivity index (χ3n) is 4.74. The highest BCUT2D eigenvalue weighted by atomic mass is 16.5. The zero-order valence-corrected chi connectivity index (χ0v) is 13.6. The van der Waals surface area contributed by atoms with Crippen LogP contribution in [0.4, 0.5) is 0 Å². The van der Waals surface area contributed by atoms with Crippen molar-refractivity contribution in [3.05, 3.63) is 48.0 Å². The van der Waals surface area contributed by atoms with E-state index in [-0.39, 0.29) is 5.97 Å². The van der Waals surface area contributed by atoms with Crippen molar-refractivity contribution < 1.29 is 14.3 Å². The molecule has 1 fully saturated rings. The lowest BCUT2D eigenvalue weighted by Gasteiger charge is -2.32. The first-order chi connectivity index (χ1) is 11.3. The fraction of sp³-hybridized carbons (Fsp3) is 0.526. The molecule has 1 aliphatic heterocycles. The summed E-state index contributed by atoms with van der Waals surface area (Å²) in [6, 6.07) is 10.0. The van der Waals surface area contributed by atoms with Gasteiger partial charge in [-0.1, -0.05) is 42.5 Å². The summed E-state index contributed by atoms with van der Waals surface area (Å²) in [5.74, 6) is -0.118. The van der Waals surface area contributed by atoms with Crippen LogP contribution in [-0.4, -0.2) is 50.3 Å². The molecule has 2 aliphatic rings. The Labute approximate surface area is 138 Å². The summed E-state index contributed by atoms with van der Waals surface area (Å²) >= 11 is 0. The maximum Gasteiger partial charge on any atom is 0.320 e. The molecule has 0 unspecified atom stereocenters. The van der Waals surface area contributed by atoms with E-state index in [1.807, 2.05) is 36.4 Å². The van der Waals surface area contributed by atoms with E-state index in [1.54, 1.807) is 0 Å². The van der Waals surface area contributed by atoms with Crippen molar-refractivity contribution in [1.82, 2.24) is 4.90 Å². The van der Waals surface area contributed by atoms with Gasteiger partial charge in [-0.2, -0.15) is 0 Å². The molecule has 4 nitrogen and oxygen atoms in total. The van der Waals surface area contributed by atoms with Crippen LogP contribution < -0.4 is 0 Å². The summed E-state index contributed by atoms with van der Waals surface area (Å²) < 4.78 is 11.0. The van der Waals surface area contributed by atoms with Crippen molar-refractivity contribution in [2.45, 2.75) is 24.7 Å². The van der Waals surface area contributed by atoms with Gasteiger partial charge >= 0.3 is 5.97 Å². The van der Waals surface area contributed by atoms with Crippen LogP contribution in [0, 0.1) is 0 Å². The number of ether oxygens (including phenoxy) is 2. The van der Waals surface area contributed by atoms with Crippen LogP contribution in [0.15, 0.2) is 42.5 Å². The van der Waals surface area contributed by atoms with Gasteiger partial charge in [-0.25, -0.2) is 0 Å². The van der Waals surface area contributed by atoms with Crippen molar-refractivity contribution in [2.75, 3.05) is 39.5 Å². The number of carbonyl (C=O) groups excluding carboxylic acids is 1. The quantitative estimate of drug-likeness (QED) is 0.618. The molecule has 1 heterocycles. The zero-order chi connectivity index (χ0) is 16.0. The molecule has 3 rings (SSSR count). The molecule has 1 aliphatic carbocycles. The number of morpholine rings is 1. The molecule has 124 valence electrons. The highest BCUT2D eigenvalue weighted by molar-refractivity contribution is 5.86. The third-order valence-corrected chi connectivity index (χ3v) is 4.74. The van der Waals surface area contributed by atoms with Crippen molar-refractivity contribution in [3.8, 4) is 0 Å². The molecule has 0 saturated carbocycles. The summed E-state index contributed by atoms with van der Waals surface area (Å²) in [5, 5.41) is 0. The Bertz CT molecular complexity index is 537. The Morgan fingerprint density at radius 2 is 2.00 bits per heavy atom. The van der Waals surface area contributed by atoms with Crippen LogP contribution in [0.5, 0.6) is 0 Å². The largest absolute Gasteiger partial charge is 0.463 e. The van der Waals surface area contributed by atoms with Crippen molar-refractivity contribution in [2.24, 2.45) is 0 Å². The molecule has 1 saturated heterocycles. The number of hydrogen-bond donors (Lipinski definition) is 0. The number of benzene rings is 1. The molecule has 0 amide bonds. The maximum atomic E-state index is 12.8. The van der Waals surface area contributed by atoms with Crippen molar-refractivity contribution in [1.29, 1.82) is 0 Å². The van der Waals surface area contributed by atoms with Gasteiger partial charge in [0.1, 0.15) is 12.0 Å². The number of rotatable bonds is 5. The van der Waals surface area contributed by atoms with Crippen molar-refractivity contribution >= 4 is 5.97 Å². The first-order valence-corrected chi connectivity index (χ1v) is 8.52. The zero-order valence-electron chi connectivity index (χ0n) is 13.6. The Morgan fingerprint density at radius 3 is 2.70 bits per heavy atom. The molecule has 0 radical (unpaired) electrons. The molecule has 0 bridgehead atoms. The van der Waals surface area contributed by atoms with Crippen molar-refractivity contribution in [3.63, 3.8) is 0 Å². The first-order valence-electron chi connectivity index (χ1n) is 8.52. The highest BCUT2D eigenvalue weighted by Gasteiger charge is 2.40. The number of carbonyl (C=O) groups is 1. The van der Waals surface area contributed by atoms with Crippen LogP contribution in [0.25, 0.3) is 0 Å². The first kappa shape index (κ1) is 16.2. The molecule has 4 heteroatoms. The summed E-state index contributed by atoms with van der Waals surface area (Å²) in [6.07, 6.45) is 7.03. The van der Waals surface area contributed by atoms with E-state index in [0.29, 0.717) is 6.61 Å². The van der Waals surface area contributed by atoms with E-state index < -0.39 is 5.41 Å². The minimum absolute atomic E-state index is 0.118. The molecule has 1 aromatic rings. The molecular formula is C19H25NO3. The summed E-state index contributed by atoms with van der Waals surface area (Å²) in [4.78, 5) is 15.1. The lowest BCUT2D eigenvalue weighted by atomic mass is 9.73. The Kier molecular flexibility index (Phi) is 5.47. The van der Waals surface area contributed by atoms with E-state index in [0.717, 1.165) is 57.7 Å². The predicted octanol–water partition coefficient (Wildman–Crippen LogP) is 2.54. The fourth-order valence-electron chi connectivity index (χ4n) is 3.35. The smallest absolute Gasteiger partial charge is 0.320 e. The average molecular weight is 315 g/mol. The minimum atomic E-state index is -0.607. The summed E-state index contributed by atoms with van der Waals surface area (Å²) in [6.45, 7) is 4.60. The molecular weight excluding hydrogens is 290 g/mol. The van der Waals surface area contributed by atoms with E-state index in [9.17, 15) is 4.79 Å². The standard InChI is InChI=1S/C19H25NO3/c21-18(23-16-13-20-11-14-22-15-12-20)19(9-5-2-6-10-19)17-7-3-1-4-8-17/h1,3-5,7-9H,2,6,10-16H2/t19-/m0/s1. The summed E-state index contributed by atoms with van der Waals surface area (Å²) in [7, 11) is 0. The van der Waals surface area contributed by atoms with Gasteiger partial charge in [0.25, 0.3) is 0 Å². The highest BCUT2D eigenvalue weighted by Crippen LogP contribution is 2.36. The van der Waals surface area contributed by atoms with Gasteiger partial charge in [-0.15, -0.1) is 0 Å². The second kappa shape index (κ2) is 7.75. The maximum absolute atomic E-state index is 12.8. The minimum Gasteiger partial charge on any atom is -0.463 e. The van der Waals surface area contributed by atoms with Gasteiger partial charge in [-0.3, -0.25) is 9.69 Å². The van der Waals surface area contributed by atoms with E-state index >= 15 is 0 Å². The van der Waals surface area contributed by atoms with Gasteiger partial charge in [-0.05, 0) is 24.8 Å². The summed E-state index contributed by atoms with van der Waals surface area (Å²) in [5.41, 5.74) is 0.428. The predicted molar refractivity (Wildman–Crippen MR) is 89.3 cm³/mol. The van der Waals surface area contributed by atoms with E-state index in [1.165, 1.54) is 0 Å². The third kappa shape index (κ3) is 3.82. The van der Waals surface area contributed by atoms with Gasteiger partial charge in [0.15, 0.2) is 0 Å². The number of allylic oxidation sites excluding steroid dienone is 1. The molecule has 1 aromatic carbocycles. The normalized spacial score (nSPS) is 25.2. The number of nitrogens with zero attached hydrogens (tertiary/aromatic N) is 1. The Hall–Kier alpha value is -1.65. The van der Waals surface area contributed by atoms with Gasteiger partial charge in [0.2, 0.25) is 0 Å². The molecule has 1 atom stereocenters. The van der Waals surface area contributed by atoms with E-state index in [2.05, 4.69) is 11.0 Å². The lowest BCUT2D eigenvalue weighted by Crippen LogP contribution is -2.41. The van der Waals surface area contributed by atoms with Crippen LogP contribution in [0.3, 0.4) is 0 Å². The van der Waals surface area contributed by atoms with E-state index in [4.69, 9.17) is 9.47 Å². The Balaban J connectivity index is 1.64. The number of hydrogen-bond acceptors (Lipinski definition) is 4. The van der Waals surface area contributed by atoms with Gasteiger partial charge in [0.05, 0.1) is 13.2 Å². The van der Waals surface area contributed by atoms with Crippen LogP contribution in [0.2, 0.25) is 0 Å². The van der Waals surface area contributed by atoms with Crippen LogP contribution >= 0.6 is 0 Å². The molecule has 0 N–H and O–H groups in total. The second-order valence-electron chi connectivity index (χ2n) is 6.22. The molecule has 23 heavy (non-hydrogen) atoms. The topological polar surface area (TPSA) is 38.8 Å². The monoisotopic (exact) mass is 315 g/mol.